The van der Waals surface area contributed by atoms with Crippen molar-refractivity contribution in [3.63, 3.8) is 0 Å². The number of anilines is 1. The van der Waals surface area contributed by atoms with Crippen LogP contribution in [0.15, 0.2) is 30.5 Å². The molecule has 21 heavy (non-hydrogen) atoms. The van der Waals surface area contributed by atoms with E-state index in [-0.39, 0.29) is 11.1 Å². The van der Waals surface area contributed by atoms with Crippen LogP contribution in [0.25, 0.3) is 10.8 Å². The van der Waals surface area contributed by atoms with E-state index in [1.165, 1.54) is 16.3 Å². The average molecular weight is 285 g/mol. The van der Waals surface area contributed by atoms with Crippen molar-refractivity contribution >= 4 is 16.6 Å². The molecule has 0 saturated carbocycles. The van der Waals surface area contributed by atoms with Crippen LogP contribution in [0.2, 0.25) is 0 Å². The molecule has 0 radical (unpaired) electrons. The first-order chi connectivity index (χ1) is 9.66. The lowest BCUT2D eigenvalue weighted by Gasteiger charge is -2.24. The van der Waals surface area contributed by atoms with Crippen LogP contribution in [0.1, 0.15) is 47.1 Å². The summed E-state index contributed by atoms with van der Waals surface area (Å²) in [4.78, 5) is 4.64. The Bertz CT molecular complexity index is 618. The number of fused-ring (bicyclic) bond motifs is 1. The largest absolute Gasteiger partial charge is 0.365 e. The van der Waals surface area contributed by atoms with Crippen molar-refractivity contribution < 1.29 is 0 Å². The fraction of sp³-hybridized carbons (Fsp3) is 0.500. The van der Waals surface area contributed by atoms with Gasteiger partial charge in [0.05, 0.1) is 0 Å². The third kappa shape index (κ3) is 4.43. The molecule has 0 unspecified atom stereocenters. The van der Waals surface area contributed by atoms with Gasteiger partial charge in [-0.2, -0.15) is 0 Å². The number of nitrogens with zero attached hydrogens (tertiary/aromatic N) is 1. The van der Waals surface area contributed by atoms with Crippen molar-refractivity contribution in [3.8, 4) is 0 Å². The summed E-state index contributed by atoms with van der Waals surface area (Å²) in [5, 5.41) is 9.47. The van der Waals surface area contributed by atoms with Crippen LogP contribution in [0.5, 0.6) is 0 Å². The van der Waals surface area contributed by atoms with Gasteiger partial charge in [-0.3, -0.25) is 0 Å². The van der Waals surface area contributed by atoms with E-state index in [4.69, 9.17) is 0 Å². The van der Waals surface area contributed by atoms with Crippen LogP contribution in [0.4, 0.5) is 5.82 Å². The lowest BCUT2D eigenvalue weighted by molar-refractivity contribution is 0.425. The van der Waals surface area contributed by atoms with Crippen LogP contribution in [-0.4, -0.2) is 16.1 Å². The molecule has 2 rings (SSSR count). The summed E-state index contributed by atoms with van der Waals surface area (Å²) >= 11 is 0. The quantitative estimate of drug-likeness (QED) is 0.881. The van der Waals surface area contributed by atoms with E-state index in [1.807, 2.05) is 6.20 Å². The Morgan fingerprint density at radius 3 is 2.10 bits per heavy atom. The van der Waals surface area contributed by atoms with Gasteiger partial charge in [0.2, 0.25) is 0 Å². The van der Waals surface area contributed by atoms with Gasteiger partial charge in [0.15, 0.2) is 0 Å². The maximum absolute atomic E-state index is 4.64. The van der Waals surface area contributed by atoms with Gasteiger partial charge < -0.3 is 10.6 Å². The first kappa shape index (κ1) is 15.8. The Kier molecular flexibility index (Phi) is 4.24. The molecule has 2 N–H and O–H groups in total. The van der Waals surface area contributed by atoms with E-state index in [9.17, 15) is 0 Å². The third-order valence-corrected chi connectivity index (χ3v) is 3.18. The Morgan fingerprint density at radius 1 is 0.905 bits per heavy atom. The van der Waals surface area contributed by atoms with Gasteiger partial charge in [-0.1, -0.05) is 24.3 Å². The van der Waals surface area contributed by atoms with Crippen molar-refractivity contribution in [3.05, 3.63) is 36.0 Å². The zero-order chi connectivity index (χ0) is 15.7. The second-order valence-corrected chi connectivity index (χ2v) is 7.66. The molecule has 0 aliphatic heterocycles. The van der Waals surface area contributed by atoms with Crippen LogP contribution in [0.3, 0.4) is 0 Å². The number of hydrogen-bond acceptors (Lipinski definition) is 3. The fourth-order valence-electron chi connectivity index (χ4n) is 2.21. The summed E-state index contributed by atoms with van der Waals surface area (Å²) in [6.45, 7) is 13.8. The van der Waals surface area contributed by atoms with Crippen LogP contribution in [0, 0.1) is 0 Å². The SMILES string of the molecule is CC(C)(C)NCc1cnc(NC(C)(C)C)c2ccccc12. The summed E-state index contributed by atoms with van der Waals surface area (Å²) in [6, 6.07) is 8.46. The Balaban J connectivity index is 2.40. The highest BCUT2D eigenvalue weighted by atomic mass is 15.0. The maximum atomic E-state index is 4.64. The molecule has 3 heteroatoms. The summed E-state index contributed by atoms with van der Waals surface area (Å²) in [6.07, 6.45) is 1.98. The van der Waals surface area contributed by atoms with E-state index in [0.29, 0.717) is 0 Å². The topological polar surface area (TPSA) is 37.0 Å². The molecule has 2 aromatic rings. The maximum Gasteiger partial charge on any atom is 0.134 e. The summed E-state index contributed by atoms with van der Waals surface area (Å²) in [7, 11) is 0. The van der Waals surface area contributed by atoms with Crippen LogP contribution >= 0.6 is 0 Å². The van der Waals surface area contributed by atoms with Crippen molar-refractivity contribution in [2.24, 2.45) is 0 Å². The Labute approximate surface area is 128 Å². The first-order valence-corrected chi connectivity index (χ1v) is 7.55. The molecule has 0 fully saturated rings. The molecule has 1 aromatic carbocycles. The molecule has 0 aliphatic rings. The van der Waals surface area contributed by atoms with Crippen LogP contribution in [-0.2, 0) is 6.54 Å². The monoisotopic (exact) mass is 285 g/mol. The summed E-state index contributed by atoms with van der Waals surface area (Å²) < 4.78 is 0. The minimum Gasteiger partial charge on any atom is -0.365 e. The smallest absolute Gasteiger partial charge is 0.134 e. The van der Waals surface area contributed by atoms with Crippen LogP contribution < -0.4 is 10.6 Å². The Hall–Kier alpha value is -1.61. The number of benzene rings is 1. The third-order valence-electron chi connectivity index (χ3n) is 3.18. The van der Waals surface area contributed by atoms with Crippen molar-refractivity contribution in [2.75, 3.05) is 5.32 Å². The molecular weight excluding hydrogens is 258 g/mol. The standard InChI is InChI=1S/C18H27N3/c1-17(2,3)20-12-13-11-19-16(21-18(4,5)6)15-10-8-7-9-14(13)15/h7-11,20H,12H2,1-6H3,(H,19,21). The summed E-state index contributed by atoms with van der Waals surface area (Å²) in [5.41, 5.74) is 1.34. The molecular formula is C18H27N3. The Morgan fingerprint density at radius 2 is 1.52 bits per heavy atom. The molecule has 1 aromatic heterocycles. The van der Waals surface area contributed by atoms with E-state index in [2.05, 4.69) is 81.4 Å². The van der Waals surface area contributed by atoms with Crippen molar-refractivity contribution in [1.82, 2.24) is 10.3 Å². The van der Waals surface area contributed by atoms with Gasteiger partial charge in [0, 0.05) is 29.2 Å². The zero-order valence-electron chi connectivity index (χ0n) is 14.0. The van der Waals surface area contributed by atoms with Gasteiger partial charge in [0.1, 0.15) is 5.82 Å². The molecule has 0 bridgehead atoms. The molecule has 0 aliphatic carbocycles. The fourth-order valence-corrected chi connectivity index (χ4v) is 2.21. The number of hydrogen-bond donors (Lipinski definition) is 2. The molecule has 114 valence electrons. The predicted molar refractivity (Wildman–Crippen MR) is 91.7 cm³/mol. The number of pyridine rings is 1. The van der Waals surface area contributed by atoms with Gasteiger partial charge in [-0.15, -0.1) is 0 Å². The van der Waals surface area contributed by atoms with E-state index >= 15 is 0 Å². The van der Waals surface area contributed by atoms with Gasteiger partial charge in [0.25, 0.3) is 0 Å². The minimum atomic E-state index is 0.000940. The van der Waals surface area contributed by atoms with Gasteiger partial charge >= 0.3 is 0 Å². The van der Waals surface area contributed by atoms with E-state index in [0.717, 1.165) is 12.4 Å². The molecule has 0 saturated heterocycles. The number of rotatable bonds is 3. The second-order valence-electron chi connectivity index (χ2n) is 7.66. The number of aromatic nitrogens is 1. The van der Waals surface area contributed by atoms with E-state index < -0.39 is 0 Å². The van der Waals surface area contributed by atoms with Crippen molar-refractivity contribution in [1.29, 1.82) is 0 Å². The van der Waals surface area contributed by atoms with E-state index in [1.54, 1.807) is 0 Å². The van der Waals surface area contributed by atoms with Crippen molar-refractivity contribution in [2.45, 2.75) is 59.2 Å². The molecule has 0 amide bonds. The minimum absolute atomic E-state index is 0.000940. The summed E-state index contributed by atoms with van der Waals surface area (Å²) in [5.74, 6) is 0.956. The normalized spacial score (nSPS) is 12.7. The van der Waals surface area contributed by atoms with Gasteiger partial charge in [-0.05, 0) is 52.5 Å². The molecule has 0 atom stereocenters. The highest BCUT2D eigenvalue weighted by Crippen LogP contribution is 2.26. The lowest BCUT2D eigenvalue weighted by Crippen LogP contribution is -2.35. The number of nitrogens with one attached hydrogen (secondary N) is 2. The highest BCUT2D eigenvalue weighted by Gasteiger charge is 2.15. The average Bonchev–Trinajstić information content (AvgIpc) is 2.35. The molecule has 3 nitrogen and oxygen atoms in total. The highest BCUT2D eigenvalue weighted by molar-refractivity contribution is 5.94. The second kappa shape index (κ2) is 5.64. The zero-order valence-corrected chi connectivity index (χ0v) is 14.0. The first-order valence-electron chi connectivity index (χ1n) is 7.55. The lowest BCUT2D eigenvalue weighted by atomic mass is 10.0. The van der Waals surface area contributed by atoms with Gasteiger partial charge in [-0.25, -0.2) is 4.98 Å². The molecule has 0 spiro atoms. The predicted octanol–water partition coefficient (Wildman–Crippen LogP) is 4.33. The molecule has 1 heterocycles.